The van der Waals surface area contributed by atoms with Crippen molar-refractivity contribution < 1.29 is 18.8 Å². The van der Waals surface area contributed by atoms with Crippen LogP contribution in [0.1, 0.15) is 48.9 Å². The minimum absolute atomic E-state index is 0.0499. The maximum Gasteiger partial charge on any atom is 0.251 e. The molecular formula is C27H32FN3O3S. The molecule has 3 amide bonds. The maximum absolute atomic E-state index is 13.2. The first-order chi connectivity index (χ1) is 17.0. The molecule has 2 aliphatic rings. The van der Waals surface area contributed by atoms with E-state index in [1.165, 1.54) is 36.0 Å². The first kappa shape index (κ1) is 25.2. The molecule has 0 aromatic heterocycles. The number of nitrogens with zero attached hydrogens (tertiary/aromatic N) is 1. The third-order valence-corrected chi connectivity index (χ3v) is 7.76. The van der Waals surface area contributed by atoms with Crippen LogP contribution >= 0.6 is 11.8 Å². The first-order valence-corrected chi connectivity index (χ1v) is 13.3. The maximum atomic E-state index is 13.2. The topological polar surface area (TPSA) is 78.5 Å². The van der Waals surface area contributed by atoms with E-state index in [0.29, 0.717) is 24.4 Å². The number of benzene rings is 2. The van der Waals surface area contributed by atoms with Gasteiger partial charge in [0.1, 0.15) is 5.82 Å². The van der Waals surface area contributed by atoms with Gasteiger partial charge in [0.2, 0.25) is 11.8 Å². The second-order valence-electron chi connectivity index (χ2n) is 9.27. The summed E-state index contributed by atoms with van der Waals surface area (Å²) in [4.78, 5) is 41.4. The summed E-state index contributed by atoms with van der Waals surface area (Å²) in [5.41, 5.74) is 0.400. The highest BCUT2D eigenvalue weighted by molar-refractivity contribution is 8.00. The summed E-state index contributed by atoms with van der Waals surface area (Å²) >= 11 is 1.51. The Morgan fingerprint density at radius 2 is 1.57 bits per heavy atom. The molecule has 2 aromatic rings. The quantitative estimate of drug-likeness (QED) is 0.567. The third-order valence-electron chi connectivity index (χ3n) is 6.77. The number of nitrogens with one attached hydrogen (secondary N) is 2. The molecule has 1 saturated carbocycles. The fourth-order valence-electron chi connectivity index (χ4n) is 4.80. The predicted octanol–water partition coefficient (Wildman–Crippen LogP) is 4.01. The van der Waals surface area contributed by atoms with Gasteiger partial charge in [-0.2, -0.15) is 0 Å². The fraction of sp³-hybridized carbons (Fsp3) is 0.444. The van der Waals surface area contributed by atoms with Crippen molar-refractivity contribution in [3.63, 3.8) is 0 Å². The van der Waals surface area contributed by atoms with Crippen LogP contribution in [0.2, 0.25) is 0 Å². The molecule has 2 aromatic carbocycles. The minimum Gasteiger partial charge on any atom is -0.351 e. The van der Waals surface area contributed by atoms with Crippen molar-refractivity contribution >= 4 is 29.5 Å². The highest BCUT2D eigenvalue weighted by Crippen LogP contribution is 2.23. The van der Waals surface area contributed by atoms with Crippen molar-refractivity contribution in [1.82, 2.24) is 15.5 Å². The lowest BCUT2D eigenvalue weighted by atomic mass is 9.88. The molecule has 4 rings (SSSR count). The van der Waals surface area contributed by atoms with Crippen molar-refractivity contribution in [2.75, 3.05) is 18.8 Å². The molecule has 8 heteroatoms. The third kappa shape index (κ3) is 7.07. The molecule has 2 N–H and O–H groups in total. The molecule has 0 spiro atoms. The van der Waals surface area contributed by atoms with E-state index in [-0.39, 0.29) is 41.5 Å². The van der Waals surface area contributed by atoms with Crippen LogP contribution in [-0.2, 0) is 9.59 Å². The number of halogens is 1. The van der Waals surface area contributed by atoms with Gasteiger partial charge < -0.3 is 15.5 Å². The highest BCUT2D eigenvalue weighted by Gasteiger charge is 2.33. The second kappa shape index (κ2) is 12.2. The molecule has 1 saturated heterocycles. The van der Waals surface area contributed by atoms with Gasteiger partial charge in [0.25, 0.3) is 5.91 Å². The van der Waals surface area contributed by atoms with Gasteiger partial charge in [-0.25, -0.2) is 4.39 Å². The van der Waals surface area contributed by atoms with Crippen molar-refractivity contribution in [1.29, 1.82) is 0 Å². The van der Waals surface area contributed by atoms with Crippen molar-refractivity contribution in [3.05, 3.63) is 66.0 Å². The largest absolute Gasteiger partial charge is 0.351 e. The van der Waals surface area contributed by atoms with Gasteiger partial charge in [0.15, 0.2) is 0 Å². The average molecular weight is 498 g/mol. The zero-order valence-electron chi connectivity index (χ0n) is 19.8. The molecular weight excluding hydrogens is 465 g/mol. The number of amides is 3. The molecule has 0 bridgehead atoms. The van der Waals surface area contributed by atoms with Gasteiger partial charge in [-0.15, -0.1) is 11.8 Å². The Hall–Kier alpha value is -2.87. The Bertz CT molecular complexity index is 1020. The van der Waals surface area contributed by atoms with E-state index in [9.17, 15) is 18.8 Å². The molecule has 186 valence electrons. The lowest BCUT2D eigenvalue weighted by molar-refractivity contribution is -0.134. The number of thioether (sulfide) groups is 1. The van der Waals surface area contributed by atoms with Crippen LogP contribution in [0.3, 0.4) is 0 Å². The van der Waals surface area contributed by atoms with Gasteiger partial charge in [-0.3, -0.25) is 14.4 Å². The summed E-state index contributed by atoms with van der Waals surface area (Å²) in [6.45, 7) is 1.11. The molecule has 35 heavy (non-hydrogen) atoms. The Balaban J connectivity index is 1.30. The van der Waals surface area contributed by atoms with E-state index in [1.54, 1.807) is 4.90 Å². The number of rotatable bonds is 7. The van der Waals surface area contributed by atoms with Crippen LogP contribution < -0.4 is 10.6 Å². The van der Waals surface area contributed by atoms with Crippen LogP contribution in [-0.4, -0.2) is 53.5 Å². The van der Waals surface area contributed by atoms with Crippen LogP contribution in [0.25, 0.3) is 0 Å². The molecule has 2 fully saturated rings. The van der Waals surface area contributed by atoms with Crippen LogP contribution in [0.4, 0.5) is 4.39 Å². The number of hydrogen-bond donors (Lipinski definition) is 2. The second-order valence-corrected chi connectivity index (χ2v) is 10.3. The highest BCUT2D eigenvalue weighted by atomic mass is 32.2. The summed E-state index contributed by atoms with van der Waals surface area (Å²) in [6, 6.07) is 15.0. The number of carbonyl (C=O) groups excluding carboxylic acids is 3. The normalized spacial score (nSPS) is 22.3. The van der Waals surface area contributed by atoms with Crippen LogP contribution in [0.5, 0.6) is 0 Å². The van der Waals surface area contributed by atoms with Gasteiger partial charge in [0, 0.05) is 35.6 Å². The summed E-state index contributed by atoms with van der Waals surface area (Å²) in [5, 5.41) is 6.19. The van der Waals surface area contributed by atoms with E-state index < -0.39 is 0 Å². The van der Waals surface area contributed by atoms with Gasteiger partial charge in [0.05, 0.1) is 11.7 Å². The lowest BCUT2D eigenvalue weighted by Gasteiger charge is -2.36. The molecule has 1 unspecified atom stereocenters. The summed E-state index contributed by atoms with van der Waals surface area (Å²) < 4.78 is 13.2. The van der Waals surface area contributed by atoms with Crippen molar-refractivity contribution in [2.24, 2.45) is 5.92 Å². The first-order valence-electron chi connectivity index (χ1n) is 12.3. The molecule has 1 heterocycles. The van der Waals surface area contributed by atoms with Crippen molar-refractivity contribution in [2.45, 2.75) is 55.5 Å². The number of carbonyl (C=O) groups is 3. The number of likely N-dealkylation sites (tertiary alicyclic amines) is 1. The Kier molecular flexibility index (Phi) is 8.79. The molecule has 0 radical (unpaired) electrons. The lowest BCUT2D eigenvalue weighted by Crippen LogP contribution is -2.55. The van der Waals surface area contributed by atoms with E-state index in [1.807, 2.05) is 30.3 Å². The Morgan fingerprint density at radius 1 is 0.886 bits per heavy atom. The SMILES string of the molecule is O=C(N[C@@H]1CCCC[C@H]1NC(=O)C1CCCN(C(=O)CSc2ccccc2)C1)c1ccc(F)cc1. The monoisotopic (exact) mass is 497 g/mol. The zero-order valence-corrected chi connectivity index (χ0v) is 20.6. The van der Waals surface area contributed by atoms with Crippen LogP contribution in [0, 0.1) is 11.7 Å². The smallest absolute Gasteiger partial charge is 0.251 e. The van der Waals surface area contributed by atoms with E-state index in [0.717, 1.165) is 43.4 Å². The van der Waals surface area contributed by atoms with E-state index in [4.69, 9.17) is 0 Å². The van der Waals surface area contributed by atoms with E-state index >= 15 is 0 Å². The minimum atomic E-state index is -0.386. The molecule has 1 aliphatic heterocycles. The molecule has 3 atom stereocenters. The zero-order chi connectivity index (χ0) is 24.6. The molecule has 6 nitrogen and oxygen atoms in total. The van der Waals surface area contributed by atoms with E-state index in [2.05, 4.69) is 10.6 Å². The Morgan fingerprint density at radius 3 is 2.29 bits per heavy atom. The standard InChI is InChI=1S/C27H32FN3O3S/c28-21-14-12-19(13-15-21)26(33)29-23-10-4-5-11-24(23)30-27(34)20-7-6-16-31(17-20)25(32)18-35-22-8-2-1-3-9-22/h1-3,8-9,12-15,20,23-24H,4-7,10-11,16-18H2,(H,29,33)(H,30,34)/t20?,23-,24-/m1/s1. The van der Waals surface area contributed by atoms with Crippen LogP contribution in [0.15, 0.2) is 59.5 Å². The van der Waals surface area contributed by atoms with Gasteiger partial charge in [-0.05, 0) is 62.1 Å². The number of piperidine rings is 1. The number of hydrogen-bond acceptors (Lipinski definition) is 4. The summed E-state index contributed by atoms with van der Waals surface area (Å²) in [7, 11) is 0. The fourth-order valence-corrected chi connectivity index (χ4v) is 5.62. The van der Waals surface area contributed by atoms with Gasteiger partial charge in [-0.1, -0.05) is 31.0 Å². The predicted molar refractivity (Wildman–Crippen MR) is 135 cm³/mol. The summed E-state index contributed by atoms with van der Waals surface area (Å²) in [5.74, 6) is -0.530. The Labute approximate surface area is 210 Å². The average Bonchev–Trinajstić information content (AvgIpc) is 2.89. The van der Waals surface area contributed by atoms with Crippen molar-refractivity contribution in [3.8, 4) is 0 Å². The van der Waals surface area contributed by atoms with Gasteiger partial charge >= 0.3 is 0 Å². The summed E-state index contributed by atoms with van der Waals surface area (Å²) in [6.07, 6.45) is 5.09. The molecule has 1 aliphatic carbocycles.